The number of rotatable bonds is 6. The van der Waals surface area contributed by atoms with Crippen LogP contribution >= 0.6 is 0 Å². The predicted octanol–water partition coefficient (Wildman–Crippen LogP) is 0.936. The zero-order valence-electron chi connectivity index (χ0n) is 17.9. The van der Waals surface area contributed by atoms with Gasteiger partial charge in [0, 0.05) is 46.3 Å². The van der Waals surface area contributed by atoms with E-state index in [2.05, 4.69) is 46.5 Å². The van der Waals surface area contributed by atoms with Crippen LogP contribution in [0.5, 0.6) is 0 Å². The van der Waals surface area contributed by atoms with Crippen LogP contribution in [0, 0.1) is 35.5 Å². The van der Waals surface area contributed by atoms with Crippen LogP contribution in [0.4, 0.5) is 0 Å². The first-order valence-electron chi connectivity index (χ1n) is 11.2. The van der Waals surface area contributed by atoms with Crippen molar-refractivity contribution in [3.05, 3.63) is 12.2 Å². The van der Waals surface area contributed by atoms with Crippen molar-refractivity contribution in [1.82, 2.24) is 20.4 Å². The molecular formula is C22H35N5O2. The van der Waals surface area contributed by atoms with Gasteiger partial charge in [-0.2, -0.15) is 0 Å². The van der Waals surface area contributed by atoms with Crippen molar-refractivity contribution >= 4 is 17.8 Å². The lowest BCUT2D eigenvalue weighted by atomic mass is 9.85. The zero-order valence-corrected chi connectivity index (χ0v) is 17.9. The topological polar surface area (TPSA) is 77.0 Å². The normalized spacial score (nSPS) is 36.8. The van der Waals surface area contributed by atoms with E-state index < -0.39 is 0 Å². The number of hydrogen-bond acceptors (Lipinski definition) is 4. The summed E-state index contributed by atoms with van der Waals surface area (Å²) in [6, 6.07) is 0. The van der Waals surface area contributed by atoms with E-state index in [0.29, 0.717) is 13.1 Å². The summed E-state index contributed by atoms with van der Waals surface area (Å²) in [7, 11) is 1.75. The highest BCUT2D eigenvalue weighted by Gasteiger charge is 2.58. The van der Waals surface area contributed by atoms with E-state index in [1.165, 1.54) is 11.3 Å². The molecule has 0 aromatic heterocycles. The first-order chi connectivity index (χ1) is 14.0. The predicted molar refractivity (Wildman–Crippen MR) is 113 cm³/mol. The minimum absolute atomic E-state index is 0.0231. The minimum atomic E-state index is -0.107. The van der Waals surface area contributed by atoms with Crippen LogP contribution < -0.4 is 10.6 Å². The number of likely N-dealkylation sites (tertiary alicyclic amines) is 2. The van der Waals surface area contributed by atoms with Crippen LogP contribution in [-0.4, -0.2) is 73.9 Å². The first kappa shape index (κ1) is 20.4. The second kappa shape index (κ2) is 8.46. The van der Waals surface area contributed by atoms with Gasteiger partial charge in [0.2, 0.25) is 11.8 Å². The summed E-state index contributed by atoms with van der Waals surface area (Å²) in [6.45, 7) is 9.74. The maximum Gasteiger partial charge on any atom is 0.233 e. The van der Waals surface area contributed by atoms with Crippen LogP contribution in [0.25, 0.3) is 0 Å². The molecule has 2 amide bonds. The number of guanidine groups is 1. The molecule has 3 fully saturated rings. The number of hydrogen-bond donors (Lipinski definition) is 2. The van der Waals surface area contributed by atoms with Gasteiger partial charge in [-0.15, -0.1) is 0 Å². The Hall–Kier alpha value is -1.89. The van der Waals surface area contributed by atoms with E-state index >= 15 is 0 Å². The van der Waals surface area contributed by atoms with Crippen molar-refractivity contribution < 1.29 is 9.59 Å². The quantitative estimate of drug-likeness (QED) is 0.300. The van der Waals surface area contributed by atoms with Gasteiger partial charge in [0.25, 0.3) is 0 Å². The molecule has 2 heterocycles. The van der Waals surface area contributed by atoms with Gasteiger partial charge in [0.05, 0.1) is 11.8 Å². The van der Waals surface area contributed by atoms with E-state index in [1.807, 2.05) is 0 Å². The molecule has 7 nitrogen and oxygen atoms in total. The second-order valence-electron chi connectivity index (χ2n) is 9.46. The third-order valence-electron chi connectivity index (χ3n) is 7.08. The number of carbonyl (C=O) groups excluding carboxylic acids is 2. The molecule has 6 unspecified atom stereocenters. The molecule has 2 saturated heterocycles. The fraction of sp³-hybridized carbons (Fsp3) is 0.773. The van der Waals surface area contributed by atoms with Gasteiger partial charge in [-0.1, -0.05) is 26.0 Å². The van der Waals surface area contributed by atoms with Crippen LogP contribution in [0.15, 0.2) is 17.1 Å². The molecule has 2 N–H and O–H groups in total. The van der Waals surface area contributed by atoms with Crippen molar-refractivity contribution in [1.29, 1.82) is 0 Å². The first-order valence-corrected chi connectivity index (χ1v) is 11.2. The number of amides is 2. The van der Waals surface area contributed by atoms with Crippen LogP contribution in [0.2, 0.25) is 0 Å². The van der Waals surface area contributed by atoms with Crippen LogP contribution in [0.1, 0.15) is 26.7 Å². The maximum atomic E-state index is 12.7. The van der Waals surface area contributed by atoms with Crippen molar-refractivity contribution in [2.24, 2.45) is 40.5 Å². The Morgan fingerprint density at radius 2 is 1.52 bits per heavy atom. The highest BCUT2D eigenvalue weighted by Crippen LogP contribution is 2.52. The lowest BCUT2D eigenvalue weighted by Gasteiger charge is -2.35. The minimum Gasteiger partial charge on any atom is -0.355 e. The summed E-state index contributed by atoms with van der Waals surface area (Å²) >= 11 is 0. The Labute approximate surface area is 174 Å². The molecule has 0 radical (unpaired) electrons. The fourth-order valence-electron chi connectivity index (χ4n) is 6.00. The number of fused-ring (bicyclic) bond motifs is 5. The Bertz CT molecular complexity index is 665. The summed E-state index contributed by atoms with van der Waals surface area (Å²) < 4.78 is 0. The van der Waals surface area contributed by atoms with Crippen molar-refractivity contribution in [2.45, 2.75) is 26.7 Å². The average Bonchev–Trinajstić information content (AvgIpc) is 3.35. The van der Waals surface area contributed by atoms with Gasteiger partial charge in [-0.3, -0.25) is 19.5 Å². The number of allylic oxidation sites excluding steroid dienone is 2. The number of aliphatic imine (C=N–C) groups is 1. The largest absolute Gasteiger partial charge is 0.355 e. The Kier molecular flexibility index (Phi) is 5.95. The van der Waals surface area contributed by atoms with Crippen molar-refractivity contribution in [3.63, 3.8) is 0 Å². The number of nitrogens with zero attached hydrogens (tertiary/aromatic N) is 3. The maximum absolute atomic E-state index is 12.7. The third-order valence-corrected chi connectivity index (χ3v) is 7.08. The van der Waals surface area contributed by atoms with Crippen molar-refractivity contribution in [3.8, 4) is 0 Å². The fourth-order valence-corrected chi connectivity index (χ4v) is 6.00. The number of piperidine rings is 1. The van der Waals surface area contributed by atoms with Crippen LogP contribution in [0.3, 0.4) is 0 Å². The molecule has 2 aliphatic heterocycles. The molecule has 0 aromatic carbocycles. The molecule has 1 saturated carbocycles. The molecule has 4 aliphatic rings. The van der Waals surface area contributed by atoms with Crippen molar-refractivity contribution in [2.75, 3.05) is 46.3 Å². The highest BCUT2D eigenvalue weighted by atomic mass is 16.2. The molecule has 29 heavy (non-hydrogen) atoms. The standard InChI is InChI=1S/C22H35N5O2/c1-14-10-15(2)13-26(12-14)8-6-24-22(23-3)25-7-9-27-20(28)18-16-4-5-17(11-16)19(18)21(27)29/h4-5,14-19H,6-13H2,1-3H3,(H2,23,24,25). The molecule has 160 valence electrons. The highest BCUT2D eigenvalue weighted by molar-refractivity contribution is 6.06. The SMILES string of the molecule is CN=C(NCCN1CC(C)CC(C)C1)NCCN1C(=O)C2C3C=CC(C3)C2C1=O. The molecule has 0 spiro atoms. The van der Waals surface area contributed by atoms with Gasteiger partial charge >= 0.3 is 0 Å². The number of imide groups is 1. The van der Waals surface area contributed by atoms with E-state index in [4.69, 9.17) is 0 Å². The summed E-state index contributed by atoms with van der Waals surface area (Å²) in [5.41, 5.74) is 0. The monoisotopic (exact) mass is 401 g/mol. The molecule has 6 atom stereocenters. The van der Waals surface area contributed by atoms with Gasteiger partial charge < -0.3 is 15.5 Å². The summed E-state index contributed by atoms with van der Waals surface area (Å²) in [6.07, 6.45) is 6.56. The Morgan fingerprint density at radius 3 is 2.07 bits per heavy atom. The molecular weight excluding hydrogens is 366 g/mol. The lowest BCUT2D eigenvalue weighted by Crippen LogP contribution is -2.47. The number of carbonyl (C=O) groups is 2. The van der Waals surface area contributed by atoms with Gasteiger partial charge in [-0.25, -0.2) is 0 Å². The molecule has 0 aromatic rings. The Balaban J connectivity index is 1.19. The smallest absolute Gasteiger partial charge is 0.233 e. The van der Waals surface area contributed by atoms with Gasteiger partial charge in [0.15, 0.2) is 5.96 Å². The van der Waals surface area contributed by atoms with Gasteiger partial charge in [-0.05, 0) is 36.5 Å². The van der Waals surface area contributed by atoms with E-state index in [1.54, 1.807) is 7.05 Å². The summed E-state index contributed by atoms with van der Waals surface area (Å²) in [5.74, 6) is 2.62. The molecule has 7 heteroatoms. The molecule has 2 bridgehead atoms. The molecule has 2 aliphatic carbocycles. The second-order valence-corrected chi connectivity index (χ2v) is 9.46. The lowest BCUT2D eigenvalue weighted by molar-refractivity contribution is -0.140. The Morgan fingerprint density at radius 1 is 0.966 bits per heavy atom. The number of nitrogens with one attached hydrogen (secondary N) is 2. The van der Waals surface area contributed by atoms with Crippen LogP contribution in [-0.2, 0) is 9.59 Å². The average molecular weight is 402 g/mol. The third kappa shape index (κ3) is 4.06. The van der Waals surface area contributed by atoms with E-state index in [0.717, 1.165) is 50.4 Å². The van der Waals surface area contributed by atoms with Gasteiger partial charge in [0.1, 0.15) is 0 Å². The summed E-state index contributed by atoms with van der Waals surface area (Å²) in [4.78, 5) is 33.7. The zero-order chi connectivity index (χ0) is 20.5. The van der Waals surface area contributed by atoms with E-state index in [9.17, 15) is 9.59 Å². The van der Waals surface area contributed by atoms with E-state index in [-0.39, 0.29) is 35.5 Å². The molecule has 4 rings (SSSR count). The summed E-state index contributed by atoms with van der Waals surface area (Å²) in [5, 5.41) is 6.61.